The zero-order valence-electron chi connectivity index (χ0n) is 22.0. The van der Waals surface area contributed by atoms with Crippen molar-refractivity contribution in [2.24, 2.45) is 39.9 Å². The maximum Gasteiger partial charge on any atom is 0.168 e. The summed E-state index contributed by atoms with van der Waals surface area (Å²) >= 11 is 0. The smallest absolute Gasteiger partial charge is 0.168 e. The molecule has 0 aromatic carbocycles. The molecule has 1 unspecified atom stereocenters. The van der Waals surface area contributed by atoms with Gasteiger partial charge >= 0.3 is 0 Å². The van der Waals surface area contributed by atoms with E-state index in [0.717, 1.165) is 49.7 Å². The quantitative estimate of drug-likeness (QED) is 0.399. The van der Waals surface area contributed by atoms with Gasteiger partial charge in [-0.15, -0.1) is 0 Å². The molecule has 2 nitrogen and oxygen atoms in total. The molecule has 32 heavy (non-hydrogen) atoms. The highest BCUT2D eigenvalue weighted by Gasteiger charge is 2.62. The van der Waals surface area contributed by atoms with E-state index in [1.807, 2.05) is 11.1 Å². The third kappa shape index (κ3) is 3.40. The van der Waals surface area contributed by atoms with Gasteiger partial charge in [0.2, 0.25) is 0 Å². The van der Waals surface area contributed by atoms with Crippen LogP contribution in [0.15, 0.2) is 11.1 Å². The normalized spacial score (nSPS) is 44.0. The van der Waals surface area contributed by atoms with E-state index in [1.54, 1.807) is 0 Å². The molecule has 4 aliphatic carbocycles. The highest BCUT2D eigenvalue weighted by molar-refractivity contribution is 5.38. The molecule has 0 N–H and O–H groups in total. The fourth-order valence-corrected chi connectivity index (χ4v) is 9.55. The van der Waals surface area contributed by atoms with Crippen LogP contribution in [0.3, 0.4) is 0 Å². The molecule has 2 saturated carbocycles. The van der Waals surface area contributed by atoms with Crippen LogP contribution in [0.2, 0.25) is 0 Å². The summed E-state index contributed by atoms with van der Waals surface area (Å²) in [5.41, 5.74) is 5.14. The second kappa shape index (κ2) is 8.11. The summed E-state index contributed by atoms with van der Waals surface area (Å²) < 4.78 is 12.3. The molecular weight excluding hydrogens is 392 g/mol. The third-order valence-electron chi connectivity index (χ3n) is 11.8. The van der Waals surface area contributed by atoms with Crippen LogP contribution in [0.1, 0.15) is 119 Å². The van der Waals surface area contributed by atoms with E-state index >= 15 is 0 Å². The molecule has 1 saturated heterocycles. The van der Waals surface area contributed by atoms with Gasteiger partial charge in [-0.3, -0.25) is 0 Å². The summed E-state index contributed by atoms with van der Waals surface area (Å²) in [6.07, 6.45) is 16.1. The molecule has 0 aromatic rings. The molecule has 3 fully saturated rings. The zero-order chi connectivity index (χ0) is 22.8. The molecular formula is C30H50O2. The molecule has 5 rings (SSSR count). The molecule has 2 heteroatoms. The fraction of sp³-hybridized carbons (Fsp3) is 0.933. The summed E-state index contributed by atoms with van der Waals surface area (Å²) in [5.74, 6) is 3.14. The van der Waals surface area contributed by atoms with E-state index in [-0.39, 0.29) is 5.79 Å². The molecule has 1 heterocycles. The van der Waals surface area contributed by atoms with Crippen molar-refractivity contribution < 1.29 is 9.47 Å². The maximum absolute atomic E-state index is 6.17. The highest BCUT2D eigenvalue weighted by Crippen LogP contribution is 2.71. The summed E-state index contributed by atoms with van der Waals surface area (Å²) in [5, 5.41) is 0. The van der Waals surface area contributed by atoms with Crippen molar-refractivity contribution in [1.82, 2.24) is 0 Å². The minimum absolute atomic E-state index is 0.237. The lowest BCUT2D eigenvalue weighted by molar-refractivity contribution is -0.205. The highest BCUT2D eigenvalue weighted by atomic mass is 16.7. The van der Waals surface area contributed by atoms with Gasteiger partial charge in [-0.25, -0.2) is 0 Å². The monoisotopic (exact) mass is 442 g/mol. The van der Waals surface area contributed by atoms with Crippen LogP contribution in [-0.4, -0.2) is 19.0 Å². The lowest BCUT2D eigenvalue weighted by Crippen LogP contribution is -2.51. The van der Waals surface area contributed by atoms with Crippen LogP contribution < -0.4 is 0 Å². The Morgan fingerprint density at radius 3 is 2.31 bits per heavy atom. The summed E-state index contributed by atoms with van der Waals surface area (Å²) in [6, 6.07) is 0. The number of fused-ring (bicyclic) bond motifs is 4. The van der Waals surface area contributed by atoms with Crippen molar-refractivity contribution in [3.05, 3.63) is 11.1 Å². The Hall–Kier alpha value is -0.340. The number of hydrogen-bond donors (Lipinski definition) is 0. The molecule has 0 aromatic heterocycles. The average Bonchev–Trinajstić information content (AvgIpc) is 3.30. The molecule has 6 atom stereocenters. The lowest BCUT2D eigenvalue weighted by atomic mass is 9.46. The molecule has 0 amide bonds. The predicted molar refractivity (Wildman–Crippen MR) is 132 cm³/mol. The van der Waals surface area contributed by atoms with Gasteiger partial charge in [0.05, 0.1) is 13.2 Å². The van der Waals surface area contributed by atoms with Gasteiger partial charge in [0.15, 0.2) is 5.79 Å². The van der Waals surface area contributed by atoms with Crippen molar-refractivity contribution in [3.8, 4) is 0 Å². The van der Waals surface area contributed by atoms with E-state index in [9.17, 15) is 0 Å². The number of rotatable bonds is 5. The van der Waals surface area contributed by atoms with E-state index in [1.165, 1.54) is 64.2 Å². The standard InChI is InChI=1S/C30H50O2/c1-21(2)8-7-9-22(3)24-12-14-29(6)26-11-10-23-20-30(31-18-19-32-30)17-16-27(23,4)25(26)13-15-28(24,29)5/h21-24H,7-20H2,1-6H3/t22-,23+,24-,27+,28-,29?/m1/s1. The van der Waals surface area contributed by atoms with E-state index in [0.29, 0.717) is 16.2 Å². The summed E-state index contributed by atoms with van der Waals surface area (Å²) in [7, 11) is 0. The number of hydrogen-bond acceptors (Lipinski definition) is 2. The van der Waals surface area contributed by atoms with Gasteiger partial charge in [0, 0.05) is 12.8 Å². The minimum atomic E-state index is -0.237. The van der Waals surface area contributed by atoms with Crippen molar-refractivity contribution in [1.29, 1.82) is 0 Å². The lowest BCUT2D eigenvalue weighted by Gasteiger charge is -2.59. The van der Waals surface area contributed by atoms with E-state index in [2.05, 4.69) is 41.5 Å². The first-order chi connectivity index (χ1) is 15.1. The van der Waals surface area contributed by atoms with Crippen LogP contribution in [-0.2, 0) is 9.47 Å². The predicted octanol–water partition coefficient (Wildman–Crippen LogP) is 8.31. The SMILES string of the molecule is CC(C)CCC[C@@H](C)[C@H]1CCC2(C)C3=C(CC[C@]12C)[C@@]1(C)CCC2(C[C@@H]1CC3)OCCO2. The molecule has 1 aliphatic heterocycles. The molecule has 5 aliphatic rings. The van der Waals surface area contributed by atoms with Gasteiger partial charge in [-0.1, -0.05) is 72.0 Å². The van der Waals surface area contributed by atoms with Gasteiger partial charge < -0.3 is 9.47 Å². The second-order valence-electron chi connectivity index (χ2n) is 13.6. The first kappa shape index (κ1) is 23.4. The van der Waals surface area contributed by atoms with Crippen molar-refractivity contribution >= 4 is 0 Å². The molecule has 182 valence electrons. The van der Waals surface area contributed by atoms with Crippen LogP contribution >= 0.6 is 0 Å². The Kier molecular flexibility index (Phi) is 5.93. The Labute approximate surface area is 198 Å². The maximum atomic E-state index is 6.17. The number of ether oxygens (including phenoxy) is 2. The topological polar surface area (TPSA) is 18.5 Å². The average molecular weight is 443 g/mol. The van der Waals surface area contributed by atoms with Crippen LogP contribution in [0.25, 0.3) is 0 Å². The van der Waals surface area contributed by atoms with Crippen molar-refractivity contribution in [2.75, 3.05) is 13.2 Å². The van der Waals surface area contributed by atoms with E-state index < -0.39 is 0 Å². The first-order valence-corrected chi connectivity index (χ1v) is 14.1. The summed E-state index contributed by atoms with van der Waals surface area (Å²) in [6.45, 7) is 17.0. The van der Waals surface area contributed by atoms with Crippen molar-refractivity contribution in [2.45, 2.75) is 124 Å². The van der Waals surface area contributed by atoms with Crippen LogP contribution in [0, 0.1) is 39.9 Å². The first-order valence-electron chi connectivity index (χ1n) is 14.1. The van der Waals surface area contributed by atoms with Gasteiger partial charge in [0.1, 0.15) is 0 Å². The number of allylic oxidation sites excluding steroid dienone is 2. The zero-order valence-corrected chi connectivity index (χ0v) is 22.0. The largest absolute Gasteiger partial charge is 0.348 e. The van der Waals surface area contributed by atoms with Gasteiger partial charge in [0.25, 0.3) is 0 Å². The summed E-state index contributed by atoms with van der Waals surface area (Å²) in [4.78, 5) is 0. The molecule has 0 radical (unpaired) electrons. The fourth-order valence-electron chi connectivity index (χ4n) is 9.55. The van der Waals surface area contributed by atoms with Crippen molar-refractivity contribution in [3.63, 3.8) is 0 Å². The van der Waals surface area contributed by atoms with Crippen LogP contribution in [0.5, 0.6) is 0 Å². The van der Waals surface area contributed by atoms with Crippen LogP contribution in [0.4, 0.5) is 0 Å². The minimum Gasteiger partial charge on any atom is -0.348 e. The third-order valence-corrected chi connectivity index (χ3v) is 11.8. The Bertz CT molecular complexity index is 746. The Morgan fingerprint density at radius 1 is 0.844 bits per heavy atom. The molecule has 1 spiro atoms. The Balaban J connectivity index is 1.38. The van der Waals surface area contributed by atoms with E-state index in [4.69, 9.17) is 9.47 Å². The molecule has 0 bridgehead atoms. The van der Waals surface area contributed by atoms with Gasteiger partial charge in [-0.2, -0.15) is 0 Å². The Morgan fingerprint density at radius 2 is 1.59 bits per heavy atom. The second-order valence-corrected chi connectivity index (χ2v) is 13.6. The van der Waals surface area contributed by atoms with Gasteiger partial charge in [-0.05, 0) is 84.9 Å².